The summed E-state index contributed by atoms with van der Waals surface area (Å²) in [6.45, 7) is 3.93. The van der Waals surface area contributed by atoms with Gasteiger partial charge in [0.25, 0.3) is 5.91 Å². The molecule has 0 aliphatic rings. The lowest BCUT2D eigenvalue weighted by Gasteiger charge is -2.18. The summed E-state index contributed by atoms with van der Waals surface area (Å²) in [4.78, 5) is 11.5. The van der Waals surface area contributed by atoms with Gasteiger partial charge in [-0.15, -0.1) is 0 Å². The maximum atomic E-state index is 11.5. The zero-order chi connectivity index (χ0) is 12.8. The van der Waals surface area contributed by atoms with Crippen LogP contribution in [0.5, 0.6) is 5.75 Å². The van der Waals surface area contributed by atoms with Gasteiger partial charge >= 0.3 is 0 Å². The molecule has 1 atom stereocenters. The maximum Gasteiger partial charge on any atom is 0.274 e. The molecule has 0 heterocycles. The molecule has 5 heteroatoms. The van der Waals surface area contributed by atoms with Gasteiger partial charge in [0, 0.05) is 4.47 Å². The fraction of sp³-hybridized carbons (Fsp3) is 0.417. The van der Waals surface area contributed by atoms with Crippen molar-refractivity contribution in [1.82, 2.24) is 5.43 Å². The summed E-state index contributed by atoms with van der Waals surface area (Å²) in [6, 6.07) is 5.66. The van der Waals surface area contributed by atoms with Crippen molar-refractivity contribution in [1.29, 1.82) is 0 Å². The highest BCUT2D eigenvalue weighted by Crippen LogP contribution is 2.23. The predicted molar refractivity (Wildman–Crippen MR) is 70.5 cm³/mol. The lowest BCUT2D eigenvalue weighted by molar-refractivity contribution is -0.128. The molecule has 1 rings (SSSR count). The maximum absolute atomic E-state index is 11.5. The highest BCUT2D eigenvalue weighted by atomic mass is 79.9. The number of nitrogens with two attached hydrogens (primary N) is 1. The van der Waals surface area contributed by atoms with Crippen LogP contribution in [0.4, 0.5) is 0 Å². The molecule has 0 saturated carbocycles. The van der Waals surface area contributed by atoms with Gasteiger partial charge in [0.2, 0.25) is 0 Å². The first kappa shape index (κ1) is 14.0. The summed E-state index contributed by atoms with van der Waals surface area (Å²) >= 11 is 3.38. The monoisotopic (exact) mass is 300 g/mol. The molecule has 0 saturated heterocycles. The number of hydrazine groups is 1. The largest absolute Gasteiger partial charge is 0.480 e. The zero-order valence-electron chi connectivity index (χ0n) is 10.00. The number of carbonyl (C=O) groups is 1. The first-order valence-electron chi connectivity index (χ1n) is 5.51. The number of ether oxygens (including phenoxy) is 1. The lowest BCUT2D eigenvalue weighted by Crippen LogP contribution is -2.42. The summed E-state index contributed by atoms with van der Waals surface area (Å²) < 4.78 is 6.66. The van der Waals surface area contributed by atoms with Crippen molar-refractivity contribution in [3.8, 4) is 5.75 Å². The molecule has 0 aliphatic carbocycles. The Bertz CT molecular complexity index is 396. The minimum atomic E-state index is -0.537. The van der Waals surface area contributed by atoms with E-state index in [1.165, 1.54) is 0 Å². The van der Waals surface area contributed by atoms with Crippen LogP contribution in [-0.2, 0) is 4.79 Å². The average molecular weight is 301 g/mol. The molecule has 1 aromatic carbocycles. The number of aryl methyl sites for hydroxylation is 1. The van der Waals surface area contributed by atoms with Crippen LogP contribution in [0.2, 0.25) is 0 Å². The summed E-state index contributed by atoms with van der Waals surface area (Å²) in [7, 11) is 0. The van der Waals surface area contributed by atoms with E-state index in [1.807, 2.05) is 32.0 Å². The number of carbonyl (C=O) groups excluding carboxylic acids is 1. The number of halogens is 1. The van der Waals surface area contributed by atoms with Crippen LogP contribution in [0.25, 0.3) is 0 Å². The van der Waals surface area contributed by atoms with Gasteiger partial charge in [-0.25, -0.2) is 5.84 Å². The molecule has 0 bridgehead atoms. The third-order valence-electron chi connectivity index (χ3n) is 2.39. The van der Waals surface area contributed by atoms with Crippen molar-refractivity contribution in [3.05, 3.63) is 28.2 Å². The molecule has 1 aromatic rings. The Hall–Kier alpha value is -1.07. The third kappa shape index (κ3) is 4.02. The van der Waals surface area contributed by atoms with E-state index in [2.05, 4.69) is 21.4 Å². The molecule has 3 N–H and O–H groups in total. The molecule has 1 amide bonds. The van der Waals surface area contributed by atoms with Crippen LogP contribution >= 0.6 is 15.9 Å². The van der Waals surface area contributed by atoms with Crippen molar-refractivity contribution >= 4 is 21.8 Å². The summed E-state index contributed by atoms with van der Waals surface area (Å²) in [6.07, 6.45) is 0.955. The second-order valence-corrected chi connectivity index (χ2v) is 4.73. The molecule has 0 fully saturated rings. The van der Waals surface area contributed by atoms with E-state index in [1.54, 1.807) is 0 Å². The first-order chi connectivity index (χ1) is 8.08. The van der Waals surface area contributed by atoms with Gasteiger partial charge in [-0.05, 0) is 37.1 Å². The summed E-state index contributed by atoms with van der Waals surface area (Å²) in [5, 5.41) is 0. The molecule has 0 aromatic heterocycles. The van der Waals surface area contributed by atoms with Gasteiger partial charge in [0.05, 0.1) is 0 Å². The Kier molecular flexibility index (Phi) is 5.44. The second-order valence-electron chi connectivity index (χ2n) is 3.81. The number of hydrogen-bond donors (Lipinski definition) is 2. The first-order valence-corrected chi connectivity index (χ1v) is 6.31. The van der Waals surface area contributed by atoms with E-state index < -0.39 is 6.10 Å². The highest BCUT2D eigenvalue weighted by Gasteiger charge is 2.19. The molecule has 0 aliphatic heterocycles. The average Bonchev–Trinajstić information content (AvgIpc) is 2.30. The molecule has 0 radical (unpaired) electrons. The topological polar surface area (TPSA) is 64.3 Å². The Labute approximate surface area is 110 Å². The molecular weight excluding hydrogens is 284 g/mol. The molecular formula is C12H17BrN2O2. The fourth-order valence-corrected chi connectivity index (χ4v) is 1.97. The molecule has 1 unspecified atom stereocenters. The van der Waals surface area contributed by atoms with Crippen molar-refractivity contribution in [2.45, 2.75) is 32.8 Å². The van der Waals surface area contributed by atoms with Gasteiger partial charge < -0.3 is 4.74 Å². The Morgan fingerprint density at radius 2 is 2.29 bits per heavy atom. The standard InChI is InChI=1S/C12H17BrN2O2/c1-3-4-11(12(16)15-14)17-10-6-5-9(13)7-8(10)2/h5-7,11H,3-4,14H2,1-2H3,(H,15,16). The summed E-state index contributed by atoms with van der Waals surface area (Å²) in [5.74, 6) is 5.54. The van der Waals surface area contributed by atoms with E-state index in [0.29, 0.717) is 12.2 Å². The van der Waals surface area contributed by atoms with Crippen LogP contribution in [0.1, 0.15) is 25.3 Å². The van der Waals surface area contributed by atoms with Gasteiger partial charge in [-0.2, -0.15) is 0 Å². The summed E-state index contributed by atoms with van der Waals surface area (Å²) in [5.41, 5.74) is 3.10. The van der Waals surface area contributed by atoms with Gasteiger partial charge in [0.1, 0.15) is 5.75 Å². The van der Waals surface area contributed by atoms with Crippen molar-refractivity contribution in [2.75, 3.05) is 0 Å². The van der Waals surface area contributed by atoms with Gasteiger partial charge in [-0.3, -0.25) is 10.2 Å². The highest BCUT2D eigenvalue weighted by molar-refractivity contribution is 9.10. The van der Waals surface area contributed by atoms with Crippen LogP contribution < -0.4 is 16.0 Å². The van der Waals surface area contributed by atoms with Crippen molar-refractivity contribution in [2.24, 2.45) is 5.84 Å². The SMILES string of the molecule is CCCC(Oc1ccc(Br)cc1C)C(=O)NN. The van der Waals surface area contributed by atoms with E-state index in [4.69, 9.17) is 10.6 Å². The molecule has 4 nitrogen and oxygen atoms in total. The van der Waals surface area contributed by atoms with Crippen molar-refractivity contribution < 1.29 is 9.53 Å². The third-order valence-corrected chi connectivity index (χ3v) is 2.89. The van der Waals surface area contributed by atoms with Crippen LogP contribution in [0.15, 0.2) is 22.7 Å². The van der Waals surface area contributed by atoms with Crippen molar-refractivity contribution in [3.63, 3.8) is 0 Å². The smallest absolute Gasteiger partial charge is 0.274 e. The van der Waals surface area contributed by atoms with Gasteiger partial charge in [-0.1, -0.05) is 29.3 Å². The number of rotatable bonds is 5. The van der Waals surface area contributed by atoms with E-state index in [-0.39, 0.29) is 5.91 Å². The molecule has 17 heavy (non-hydrogen) atoms. The fourth-order valence-electron chi connectivity index (χ4n) is 1.50. The second kappa shape index (κ2) is 6.61. The molecule has 94 valence electrons. The van der Waals surface area contributed by atoms with E-state index >= 15 is 0 Å². The Morgan fingerprint density at radius 3 is 2.82 bits per heavy atom. The minimum Gasteiger partial charge on any atom is -0.480 e. The quantitative estimate of drug-likeness (QED) is 0.498. The Morgan fingerprint density at radius 1 is 1.59 bits per heavy atom. The van der Waals surface area contributed by atoms with E-state index in [0.717, 1.165) is 16.5 Å². The van der Waals surface area contributed by atoms with Crippen LogP contribution in [0.3, 0.4) is 0 Å². The van der Waals surface area contributed by atoms with Gasteiger partial charge in [0.15, 0.2) is 6.10 Å². The molecule has 0 spiro atoms. The number of benzene rings is 1. The minimum absolute atomic E-state index is 0.297. The normalized spacial score (nSPS) is 12.0. The number of hydrogen-bond acceptors (Lipinski definition) is 3. The number of nitrogens with one attached hydrogen (secondary N) is 1. The van der Waals surface area contributed by atoms with Crippen LogP contribution in [-0.4, -0.2) is 12.0 Å². The zero-order valence-corrected chi connectivity index (χ0v) is 11.6. The predicted octanol–water partition coefficient (Wildman–Crippen LogP) is 2.29. The number of amides is 1. The van der Waals surface area contributed by atoms with Crippen LogP contribution in [0, 0.1) is 6.92 Å². The Balaban J connectivity index is 2.82. The van der Waals surface area contributed by atoms with E-state index in [9.17, 15) is 4.79 Å². The lowest BCUT2D eigenvalue weighted by atomic mass is 10.2.